The van der Waals surface area contributed by atoms with Gasteiger partial charge in [-0.2, -0.15) is 0 Å². The highest BCUT2D eigenvalue weighted by atomic mass is 16.5. The van der Waals surface area contributed by atoms with Crippen molar-refractivity contribution in [1.29, 1.82) is 0 Å². The molecule has 0 aliphatic carbocycles. The number of carbonyl (C=O) groups is 1. The molecule has 0 aliphatic heterocycles. The molecule has 0 heterocycles. The van der Waals surface area contributed by atoms with Gasteiger partial charge in [0.1, 0.15) is 22.9 Å². The molecule has 4 aromatic carbocycles. The molecule has 1 N–H and O–H groups in total. The Morgan fingerprint density at radius 3 is 2.26 bits per heavy atom. The van der Waals surface area contributed by atoms with Crippen LogP contribution in [0.2, 0.25) is 0 Å². The van der Waals surface area contributed by atoms with Crippen LogP contribution in [-0.2, 0) is 4.79 Å². The lowest BCUT2D eigenvalue weighted by atomic mass is 9.98. The average molecular weight is 453 g/mol. The Morgan fingerprint density at radius 2 is 1.53 bits per heavy atom. The maximum absolute atomic E-state index is 12.7. The summed E-state index contributed by atoms with van der Waals surface area (Å²) in [6.07, 6.45) is 3.58. The number of hydrogen-bond acceptors (Lipinski definition) is 6. The van der Waals surface area contributed by atoms with Crippen molar-refractivity contribution in [2.75, 3.05) is 7.11 Å². The first-order chi connectivity index (χ1) is 16.4. The van der Waals surface area contributed by atoms with Crippen LogP contribution in [0.25, 0.3) is 22.9 Å². The summed E-state index contributed by atoms with van der Waals surface area (Å²) in [5.74, 6) is 0.432. The zero-order valence-corrected chi connectivity index (χ0v) is 18.8. The van der Waals surface area contributed by atoms with Crippen LogP contribution >= 0.6 is 0 Å². The summed E-state index contributed by atoms with van der Waals surface area (Å²) in [7, 11) is 1.63. The molecule has 0 amide bonds. The minimum absolute atomic E-state index is 0.0285. The Kier molecular flexibility index (Phi) is 6.69. The molecule has 0 bridgehead atoms. The zero-order valence-electron chi connectivity index (χ0n) is 18.8. The maximum Gasteiger partial charge on any atom is 0.318 e. The third-order valence-corrected chi connectivity index (χ3v) is 5.52. The number of nitrogens with zero attached hydrogens (tertiary/aromatic N) is 1. The lowest BCUT2D eigenvalue weighted by Crippen LogP contribution is -2.16. The molecule has 0 saturated heterocycles. The smallest absolute Gasteiger partial charge is 0.318 e. The Hall–Kier alpha value is -4.45. The molecule has 34 heavy (non-hydrogen) atoms. The topological polar surface area (TPSA) is 85.2 Å². The van der Waals surface area contributed by atoms with E-state index in [9.17, 15) is 14.8 Å². The van der Waals surface area contributed by atoms with Crippen molar-refractivity contribution in [3.8, 4) is 17.2 Å². The van der Waals surface area contributed by atoms with Gasteiger partial charge in [-0.3, -0.25) is 4.79 Å². The van der Waals surface area contributed by atoms with Crippen molar-refractivity contribution >= 4 is 34.6 Å². The van der Waals surface area contributed by atoms with Crippen LogP contribution in [-0.4, -0.2) is 18.2 Å². The van der Waals surface area contributed by atoms with Gasteiger partial charge in [0.05, 0.1) is 13.0 Å². The molecule has 0 aromatic heterocycles. The summed E-state index contributed by atoms with van der Waals surface area (Å²) in [5, 5.41) is 14.6. The molecular formula is C28H23NO5. The third-order valence-electron chi connectivity index (χ3n) is 5.52. The molecule has 0 fully saturated rings. The number of ether oxygens (including phenoxy) is 2. The van der Waals surface area contributed by atoms with E-state index in [0.29, 0.717) is 11.3 Å². The number of phenolic OH excluding ortho intramolecular Hbond substituents is 1. The fourth-order valence-electron chi connectivity index (χ4n) is 3.59. The summed E-state index contributed by atoms with van der Waals surface area (Å²) in [5.41, 5.74) is 2.54. The van der Waals surface area contributed by atoms with Crippen LogP contribution in [0, 0.1) is 4.91 Å². The highest BCUT2D eigenvalue weighted by Gasteiger charge is 2.18. The van der Waals surface area contributed by atoms with Crippen LogP contribution < -0.4 is 9.47 Å². The Bertz CT molecular complexity index is 1380. The van der Waals surface area contributed by atoms with E-state index >= 15 is 0 Å². The van der Waals surface area contributed by atoms with E-state index < -0.39 is 5.92 Å². The van der Waals surface area contributed by atoms with Crippen molar-refractivity contribution < 1.29 is 19.4 Å². The Morgan fingerprint density at radius 1 is 0.853 bits per heavy atom. The van der Waals surface area contributed by atoms with Crippen LogP contribution in [0.5, 0.6) is 17.2 Å². The third kappa shape index (κ3) is 5.30. The second-order valence-corrected chi connectivity index (χ2v) is 7.89. The number of aromatic hydroxyl groups is 1. The van der Waals surface area contributed by atoms with E-state index in [0.717, 1.165) is 27.6 Å². The van der Waals surface area contributed by atoms with E-state index in [4.69, 9.17) is 9.47 Å². The number of hydrogen-bond donors (Lipinski definition) is 1. The molecule has 4 aromatic rings. The van der Waals surface area contributed by atoms with Crippen molar-refractivity contribution in [1.82, 2.24) is 0 Å². The van der Waals surface area contributed by atoms with Gasteiger partial charge in [0.25, 0.3) is 0 Å². The molecule has 1 atom stereocenters. The summed E-state index contributed by atoms with van der Waals surface area (Å²) < 4.78 is 10.8. The monoisotopic (exact) mass is 453 g/mol. The molecule has 6 nitrogen and oxygen atoms in total. The molecular weight excluding hydrogens is 430 g/mol. The Balaban J connectivity index is 1.42. The normalized spacial score (nSPS) is 11.9. The first-order valence-electron chi connectivity index (χ1n) is 10.7. The van der Waals surface area contributed by atoms with E-state index in [1.54, 1.807) is 31.4 Å². The van der Waals surface area contributed by atoms with Gasteiger partial charge in [0.15, 0.2) is 0 Å². The SMILES string of the molecule is COc1ccc2cc([C@@H](C)C(=O)Oc3ccc(/C=C/c4cc(O)cc(N=O)c4)cc3)ccc2c1. The lowest BCUT2D eigenvalue weighted by Gasteiger charge is -2.13. The van der Waals surface area contributed by atoms with Gasteiger partial charge in [-0.25, -0.2) is 0 Å². The number of carbonyl (C=O) groups excluding carboxylic acids is 1. The van der Waals surface area contributed by atoms with Crippen molar-refractivity contribution in [2.24, 2.45) is 5.18 Å². The van der Waals surface area contributed by atoms with Crippen LogP contribution in [0.1, 0.15) is 29.5 Å². The minimum atomic E-state index is -0.433. The predicted octanol–water partition coefficient (Wildman–Crippen LogP) is 6.83. The van der Waals surface area contributed by atoms with E-state index in [1.165, 1.54) is 12.1 Å². The van der Waals surface area contributed by atoms with Crippen molar-refractivity contribution in [3.05, 3.63) is 100 Å². The molecule has 6 heteroatoms. The number of phenols is 1. The molecule has 0 spiro atoms. The van der Waals surface area contributed by atoms with E-state index in [1.807, 2.05) is 61.5 Å². The molecule has 0 unspecified atom stereocenters. The number of benzene rings is 4. The van der Waals surface area contributed by atoms with E-state index in [2.05, 4.69) is 5.18 Å². The maximum atomic E-state index is 12.7. The van der Waals surface area contributed by atoms with Gasteiger partial charge in [0.2, 0.25) is 0 Å². The molecule has 4 rings (SSSR count). The number of fused-ring (bicyclic) bond motifs is 1. The van der Waals surface area contributed by atoms with E-state index in [-0.39, 0.29) is 17.4 Å². The largest absolute Gasteiger partial charge is 0.508 e. The standard InChI is InChI=1S/C28H23NO5/c1-18(21-7-8-23-16-27(33-2)12-9-22(23)15-21)28(31)34-26-10-5-19(6-11-26)3-4-20-13-24(29-32)17-25(30)14-20/h3-18,30H,1-2H3/b4-3+/t18-/m1/s1. The lowest BCUT2D eigenvalue weighted by molar-refractivity contribution is -0.135. The van der Waals surface area contributed by atoms with Gasteiger partial charge >= 0.3 is 5.97 Å². The average Bonchev–Trinajstić information content (AvgIpc) is 2.86. The molecule has 0 radical (unpaired) electrons. The fraction of sp³-hybridized carbons (Fsp3) is 0.107. The first kappa shape index (κ1) is 22.7. The van der Waals surface area contributed by atoms with Gasteiger partial charge in [0, 0.05) is 6.07 Å². The van der Waals surface area contributed by atoms with Crippen molar-refractivity contribution in [3.63, 3.8) is 0 Å². The van der Waals surface area contributed by atoms with Gasteiger partial charge in [-0.1, -0.05) is 48.6 Å². The van der Waals surface area contributed by atoms with Crippen LogP contribution in [0.15, 0.2) is 84.0 Å². The second kappa shape index (κ2) is 10.0. The summed E-state index contributed by atoms with van der Waals surface area (Å²) in [6.45, 7) is 1.82. The second-order valence-electron chi connectivity index (χ2n) is 7.89. The number of esters is 1. The zero-order chi connectivity index (χ0) is 24.1. The molecule has 0 aliphatic rings. The predicted molar refractivity (Wildman–Crippen MR) is 133 cm³/mol. The van der Waals surface area contributed by atoms with Gasteiger partial charge in [-0.15, -0.1) is 4.91 Å². The Labute approximate surface area is 197 Å². The quantitative estimate of drug-likeness (QED) is 0.143. The minimum Gasteiger partial charge on any atom is -0.508 e. The number of methoxy groups -OCH3 is 1. The summed E-state index contributed by atoms with van der Waals surface area (Å²) >= 11 is 0. The van der Waals surface area contributed by atoms with Crippen LogP contribution in [0.4, 0.5) is 5.69 Å². The summed E-state index contributed by atoms with van der Waals surface area (Å²) in [4.78, 5) is 23.4. The molecule has 170 valence electrons. The van der Waals surface area contributed by atoms with Crippen molar-refractivity contribution in [2.45, 2.75) is 12.8 Å². The van der Waals surface area contributed by atoms with Gasteiger partial charge < -0.3 is 14.6 Å². The fourth-order valence-corrected chi connectivity index (χ4v) is 3.59. The first-order valence-corrected chi connectivity index (χ1v) is 10.7. The van der Waals surface area contributed by atoms with Crippen LogP contribution in [0.3, 0.4) is 0 Å². The van der Waals surface area contributed by atoms with Gasteiger partial charge in [-0.05, 0) is 76.0 Å². The number of nitroso groups, excluding NO2 is 1. The highest BCUT2D eigenvalue weighted by Crippen LogP contribution is 2.27. The number of rotatable bonds is 7. The highest BCUT2D eigenvalue weighted by molar-refractivity contribution is 5.87. The molecule has 0 saturated carbocycles. The summed E-state index contributed by atoms with van der Waals surface area (Å²) in [6, 6.07) is 23.2.